The zero-order chi connectivity index (χ0) is 27.4. The van der Waals surface area contributed by atoms with Gasteiger partial charge in [0.25, 0.3) is 10.1 Å². The van der Waals surface area contributed by atoms with Gasteiger partial charge in [-0.05, 0) is 36.8 Å². The maximum atomic E-state index is 12.1. The Labute approximate surface area is 216 Å². The Bertz CT molecular complexity index is 1680. The van der Waals surface area contributed by atoms with Gasteiger partial charge in [0, 0.05) is 53.9 Å². The van der Waals surface area contributed by atoms with Gasteiger partial charge in [-0.15, -0.1) is 0 Å². The van der Waals surface area contributed by atoms with E-state index in [0.717, 1.165) is 0 Å². The van der Waals surface area contributed by atoms with Crippen LogP contribution in [0, 0.1) is 0 Å². The van der Waals surface area contributed by atoms with Gasteiger partial charge in [-0.25, -0.2) is 4.98 Å². The van der Waals surface area contributed by atoms with Crippen molar-refractivity contribution in [1.82, 2.24) is 4.98 Å². The van der Waals surface area contributed by atoms with E-state index in [9.17, 15) is 22.8 Å². The number of nitrogens with zero attached hydrogens (tertiary/aromatic N) is 2. The van der Waals surface area contributed by atoms with Crippen molar-refractivity contribution in [2.75, 3.05) is 35.6 Å². The van der Waals surface area contributed by atoms with E-state index in [2.05, 4.69) is 10.3 Å². The summed E-state index contributed by atoms with van der Waals surface area (Å²) in [5, 5.41) is 22.5. The van der Waals surface area contributed by atoms with Crippen LogP contribution in [-0.4, -0.2) is 65.5 Å². The summed E-state index contributed by atoms with van der Waals surface area (Å²) in [6.07, 6.45) is -0.210. The largest absolute Gasteiger partial charge is 0.481 e. The summed E-state index contributed by atoms with van der Waals surface area (Å²) in [6, 6.07) is 11.2. The first-order valence-electron chi connectivity index (χ1n) is 11.7. The number of fused-ring (bicyclic) bond motifs is 4. The maximum Gasteiger partial charge on any atom is 0.305 e. The first-order chi connectivity index (χ1) is 18.0. The molecule has 0 aliphatic carbocycles. The van der Waals surface area contributed by atoms with E-state index >= 15 is 0 Å². The van der Waals surface area contributed by atoms with Gasteiger partial charge in [0.05, 0.1) is 18.6 Å². The number of carboxylic acids is 2. The van der Waals surface area contributed by atoms with Crippen molar-refractivity contribution in [3.63, 3.8) is 0 Å². The van der Waals surface area contributed by atoms with Gasteiger partial charge in [0.15, 0.2) is 16.6 Å². The summed E-state index contributed by atoms with van der Waals surface area (Å²) in [7, 11) is -4.09. The Morgan fingerprint density at radius 2 is 1.66 bits per heavy atom. The third kappa shape index (κ3) is 6.55. The monoisotopic (exact) mass is 543 g/mol. The molecule has 200 valence electrons. The predicted octanol–water partition coefficient (Wildman–Crippen LogP) is 2.94. The van der Waals surface area contributed by atoms with E-state index < -0.39 is 27.8 Å². The van der Waals surface area contributed by atoms with Crippen LogP contribution in [0.3, 0.4) is 0 Å². The molecule has 3 aromatic carbocycles. The molecule has 4 N–H and O–H groups in total. The lowest BCUT2D eigenvalue weighted by atomic mass is 10.1. The molecule has 0 aliphatic heterocycles. The molecular weight excluding hydrogens is 518 g/mol. The van der Waals surface area contributed by atoms with Crippen LogP contribution in [0.5, 0.6) is 0 Å². The van der Waals surface area contributed by atoms with Gasteiger partial charge in [-0.1, -0.05) is 0 Å². The van der Waals surface area contributed by atoms with Crippen molar-refractivity contribution < 1.29 is 37.2 Å². The summed E-state index contributed by atoms with van der Waals surface area (Å²) in [5.41, 5.74) is 2.53. The van der Waals surface area contributed by atoms with Gasteiger partial charge in [0.2, 0.25) is 0 Å². The van der Waals surface area contributed by atoms with Crippen LogP contribution in [-0.2, 0) is 19.7 Å². The zero-order valence-corrected chi connectivity index (χ0v) is 20.9. The van der Waals surface area contributed by atoms with E-state index in [4.69, 9.17) is 19.2 Å². The number of aliphatic carboxylic acids is 2. The molecule has 0 amide bonds. The zero-order valence-electron chi connectivity index (χ0n) is 20.1. The summed E-state index contributed by atoms with van der Waals surface area (Å²) in [6.45, 7) is 0.431. The van der Waals surface area contributed by atoms with Gasteiger partial charge < -0.3 is 24.8 Å². The molecule has 4 rings (SSSR count). The molecule has 4 aromatic rings. The Kier molecular flexibility index (Phi) is 7.78. The first kappa shape index (κ1) is 26.8. The number of carboxylic acid groups (broad SMARTS) is 2. The summed E-state index contributed by atoms with van der Waals surface area (Å²) < 4.78 is 37.2. The van der Waals surface area contributed by atoms with Crippen LogP contribution in [0.25, 0.3) is 33.0 Å². The fraction of sp³-hybridized carbons (Fsp3) is 0.280. The average Bonchev–Trinajstić information content (AvgIpc) is 2.84. The summed E-state index contributed by atoms with van der Waals surface area (Å²) >= 11 is 0. The third-order valence-electron chi connectivity index (χ3n) is 5.89. The standard InChI is InChI=1S/C25H25N3O9S/c29-16-3-4-17-18(13-16)25-22(14-20(17)26-8-1-11-38(34,35)36)37-21-12-15(2-5-19(21)27-25)28(9-6-23(30)31)10-7-24(32)33/h2-5,12-14,26H,1,6-11H2,(H,30,31)(H,32,33)(H,34,35,36). The highest BCUT2D eigenvalue weighted by molar-refractivity contribution is 7.85. The number of anilines is 2. The molecule has 0 atom stereocenters. The highest BCUT2D eigenvalue weighted by Gasteiger charge is 2.15. The van der Waals surface area contributed by atoms with Gasteiger partial charge in [-0.2, -0.15) is 8.42 Å². The Balaban J connectivity index is 1.76. The van der Waals surface area contributed by atoms with Crippen LogP contribution in [0.4, 0.5) is 11.4 Å². The molecule has 1 aromatic heterocycles. The highest BCUT2D eigenvalue weighted by atomic mass is 32.2. The molecule has 1 heterocycles. The van der Waals surface area contributed by atoms with Gasteiger partial charge in [-0.3, -0.25) is 18.9 Å². The van der Waals surface area contributed by atoms with Crippen molar-refractivity contribution in [2.24, 2.45) is 0 Å². The second-order valence-electron chi connectivity index (χ2n) is 8.69. The molecular formula is C25H25N3O9S. The van der Waals surface area contributed by atoms with E-state index in [1.807, 2.05) is 0 Å². The molecule has 0 unspecified atom stereocenters. The van der Waals surface area contributed by atoms with Gasteiger partial charge >= 0.3 is 11.9 Å². The lowest BCUT2D eigenvalue weighted by Gasteiger charge is -2.23. The fourth-order valence-electron chi connectivity index (χ4n) is 4.12. The molecule has 0 saturated carbocycles. The Hall–Kier alpha value is -4.23. The maximum absolute atomic E-state index is 12.1. The molecule has 0 saturated heterocycles. The van der Waals surface area contributed by atoms with E-state index in [-0.39, 0.29) is 44.3 Å². The minimum atomic E-state index is -4.09. The van der Waals surface area contributed by atoms with Crippen molar-refractivity contribution in [3.05, 3.63) is 52.7 Å². The van der Waals surface area contributed by atoms with Crippen LogP contribution in [0.1, 0.15) is 19.3 Å². The lowest BCUT2D eigenvalue weighted by molar-refractivity contribution is -0.137. The van der Waals surface area contributed by atoms with Crippen molar-refractivity contribution in [2.45, 2.75) is 19.3 Å². The van der Waals surface area contributed by atoms with E-state index in [1.165, 1.54) is 12.1 Å². The van der Waals surface area contributed by atoms with Crippen molar-refractivity contribution in [1.29, 1.82) is 0 Å². The number of carbonyl (C=O) groups is 2. The smallest absolute Gasteiger partial charge is 0.305 e. The van der Waals surface area contributed by atoms with Crippen LogP contribution < -0.4 is 15.6 Å². The third-order valence-corrected chi connectivity index (χ3v) is 6.70. The molecule has 12 nitrogen and oxygen atoms in total. The Morgan fingerprint density at radius 1 is 0.947 bits per heavy atom. The SMILES string of the molecule is O=C(O)CCN(CCC(=O)O)c1ccc2nc3c(cc(NCCCS(=O)(=O)O)c4ccc(=O)cc43)oc2c1. The molecule has 0 aliphatic rings. The number of rotatable bonds is 12. The number of hydrogen-bond donors (Lipinski definition) is 4. The summed E-state index contributed by atoms with van der Waals surface area (Å²) in [5.74, 6) is -2.43. The molecule has 0 spiro atoms. The molecule has 13 heteroatoms. The normalized spacial score (nSPS) is 11.7. The quantitative estimate of drug-likeness (QED) is 0.0886. The molecule has 0 bridgehead atoms. The number of hydrogen-bond acceptors (Lipinski definition) is 9. The Morgan fingerprint density at radius 3 is 2.32 bits per heavy atom. The number of benzene rings is 3. The van der Waals surface area contributed by atoms with Crippen molar-refractivity contribution in [3.8, 4) is 0 Å². The number of nitrogens with one attached hydrogen (secondary N) is 1. The van der Waals surface area contributed by atoms with Crippen LogP contribution in [0.15, 0.2) is 51.7 Å². The first-order valence-corrected chi connectivity index (χ1v) is 13.3. The minimum Gasteiger partial charge on any atom is -0.481 e. The van der Waals surface area contributed by atoms with Crippen molar-refractivity contribution >= 4 is 66.4 Å². The predicted molar refractivity (Wildman–Crippen MR) is 142 cm³/mol. The lowest BCUT2D eigenvalue weighted by Crippen LogP contribution is -2.28. The fourth-order valence-corrected chi connectivity index (χ4v) is 4.63. The number of aromatic nitrogens is 1. The highest BCUT2D eigenvalue weighted by Crippen LogP contribution is 2.33. The second-order valence-corrected chi connectivity index (χ2v) is 10.3. The second kappa shape index (κ2) is 11.0. The molecule has 38 heavy (non-hydrogen) atoms. The molecule has 0 radical (unpaired) electrons. The average molecular weight is 544 g/mol. The minimum absolute atomic E-state index is 0.101. The van der Waals surface area contributed by atoms with E-state index in [1.54, 1.807) is 35.2 Å². The van der Waals surface area contributed by atoms with Gasteiger partial charge in [0.1, 0.15) is 11.0 Å². The van der Waals surface area contributed by atoms with Crippen LogP contribution >= 0.6 is 0 Å². The van der Waals surface area contributed by atoms with E-state index in [0.29, 0.717) is 44.3 Å². The topological polar surface area (TPSA) is 187 Å². The van der Waals surface area contributed by atoms with Crippen LogP contribution in [0.2, 0.25) is 0 Å². The summed E-state index contributed by atoms with van der Waals surface area (Å²) in [4.78, 5) is 40.7. The molecule has 0 fully saturated rings.